The van der Waals surface area contributed by atoms with Crippen molar-refractivity contribution in [1.29, 1.82) is 0 Å². The Bertz CT molecular complexity index is 1530. The quantitative estimate of drug-likeness (QED) is 0.0864. The molecule has 1 aliphatic carbocycles. The smallest absolute Gasteiger partial charge is 0.255 e. The minimum atomic E-state index is -0.275. The first-order chi connectivity index (χ1) is 19.8. The molecule has 0 heterocycles. The van der Waals surface area contributed by atoms with Crippen molar-refractivity contribution in [2.24, 2.45) is 0 Å². The third kappa shape index (κ3) is 7.33. The highest BCUT2D eigenvalue weighted by atomic mass is 16.5. The standard InChI is InChI=1S/C34H36N4O3/c1-22(2)19-24(34(40)38-32-16-15-25(41-4)20-31(32)35)14-13-23(3)36-17-18-37-33(39)21-30-28-11-7-5-9-26(28)27-10-6-8-12-29(27)30/h5-16,19-21,36H,17-18,35H2,1-4H3,(H,37,39)(H,38,40)/b23-13+,24-14+. The summed E-state index contributed by atoms with van der Waals surface area (Å²) in [7, 11) is 1.56. The zero-order chi connectivity index (χ0) is 29.4. The molecule has 0 aromatic heterocycles. The van der Waals surface area contributed by atoms with E-state index in [1.807, 2.05) is 69.3 Å². The van der Waals surface area contributed by atoms with Crippen LogP contribution in [0.2, 0.25) is 0 Å². The van der Waals surface area contributed by atoms with Gasteiger partial charge in [0.2, 0.25) is 5.91 Å². The Morgan fingerprint density at radius 2 is 1.44 bits per heavy atom. The molecule has 0 unspecified atom stereocenters. The number of carbonyl (C=O) groups excluding carboxylic acids is 2. The zero-order valence-corrected chi connectivity index (χ0v) is 23.9. The molecule has 3 aromatic rings. The highest BCUT2D eigenvalue weighted by Gasteiger charge is 2.23. The van der Waals surface area contributed by atoms with Gasteiger partial charge < -0.3 is 26.4 Å². The van der Waals surface area contributed by atoms with E-state index >= 15 is 0 Å². The van der Waals surface area contributed by atoms with E-state index in [9.17, 15) is 9.59 Å². The number of rotatable bonds is 10. The van der Waals surface area contributed by atoms with Gasteiger partial charge in [-0.25, -0.2) is 0 Å². The summed E-state index contributed by atoms with van der Waals surface area (Å²) in [6.07, 6.45) is 7.08. The predicted octanol–water partition coefficient (Wildman–Crippen LogP) is 5.83. The van der Waals surface area contributed by atoms with Crippen LogP contribution in [0.1, 0.15) is 31.9 Å². The third-order valence-corrected chi connectivity index (χ3v) is 6.55. The number of fused-ring (bicyclic) bond motifs is 3. The minimum absolute atomic E-state index is 0.143. The Kier molecular flexibility index (Phi) is 9.43. The summed E-state index contributed by atoms with van der Waals surface area (Å²) < 4.78 is 5.17. The van der Waals surface area contributed by atoms with Gasteiger partial charge in [0, 0.05) is 36.5 Å². The molecule has 210 valence electrons. The van der Waals surface area contributed by atoms with E-state index < -0.39 is 0 Å². The molecule has 1 aliphatic rings. The summed E-state index contributed by atoms with van der Waals surface area (Å²) in [5.74, 6) is 0.199. The third-order valence-electron chi connectivity index (χ3n) is 6.55. The summed E-state index contributed by atoms with van der Waals surface area (Å²) >= 11 is 0. The largest absolute Gasteiger partial charge is 0.497 e. The van der Waals surface area contributed by atoms with Crippen molar-refractivity contribution in [3.8, 4) is 16.9 Å². The molecular weight excluding hydrogens is 512 g/mol. The average Bonchev–Trinajstić information content (AvgIpc) is 3.27. The number of hydrogen-bond donors (Lipinski definition) is 4. The molecule has 2 amide bonds. The second kappa shape index (κ2) is 13.3. The Morgan fingerprint density at radius 3 is 2.02 bits per heavy atom. The van der Waals surface area contributed by atoms with Gasteiger partial charge in [0.1, 0.15) is 5.75 Å². The Labute approximate surface area is 241 Å². The number of amides is 2. The lowest BCUT2D eigenvalue weighted by atomic mass is 10.0. The van der Waals surface area contributed by atoms with Crippen LogP contribution >= 0.6 is 0 Å². The predicted molar refractivity (Wildman–Crippen MR) is 167 cm³/mol. The Morgan fingerprint density at radius 1 is 0.829 bits per heavy atom. The SMILES string of the molecule is COc1ccc(NC(=O)/C(C=C(C)C)=C/C=C(\C)NCCNC(=O)C=C2c3ccccc3-c3ccccc32)c(N)c1. The molecule has 0 radical (unpaired) electrons. The zero-order valence-electron chi connectivity index (χ0n) is 23.9. The van der Waals surface area contributed by atoms with E-state index in [1.165, 1.54) is 0 Å². The van der Waals surface area contributed by atoms with Crippen LogP contribution in [0, 0.1) is 0 Å². The van der Waals surface area contributed by atoms with Gasteiger partial charge >= 0.3 is 0 Å². The number of nitrogens with one attached hydrogen (secondary N) is 3. The van der Waals surface area contributed by atoms with Crippen molar-refractivity contribution in [3.05, 3.63) is 119 Å². The molecule has 0 saturated heterocycles. The second-order valence-corrected chi connectivity index (χ2v) is 9.97. The van der Waals surface area contributed by atoms with Gasteiger partial charge in [-0.3, -0.25) is 9.59 Å². The molecule has 7 heteroatoms. The molecule has 0 fully saturated rings. The molecule has 5 N–H and O–H groups in total. The number of anilines is 2. The maximum absolute atomic E-state index is 13.0. The normalized spacial score (nSPS) is 12.1. The highest BCUT2D eigenvalue weighted by molar-refractivity contribution is 6.08. The second-order valence-electron chi connectivity index (χ2n) is 9.97. The highest BCUT2D eigenvalue weighted by Crippen LogP contribution is 2.43. The van der Waals surface area contributed by atoms with Gasteiger partial charge in [-0.15, -0.1) is 0 Å². The number of nitrogens with two attached hydrogens (primary N) is 1. The van der Waals surface area contributed by atoms with Crippen molar-refractivity contribution < 1.29 is 14.3 Å². The van der Waals surface area contributed by atoms with Crippen molar-refractivity contribution in [2.75, 3.05) is 31.2 Å². The fourth-order valence-corrected chi connectivity index (χ4v) is 4.58. The van der Waals surface area contributed by atoms with Gasteiger partial charge in [-0.05, 0) is 72.9 Å². The minimum Gasteiger partial charge on any atom is -0.497 e. The van der Waals surface area contributed by atoms with Gasteiger partial charge in [-0.2, -0.15) is 0 Å². The first kappa shape index (κ1) is 29.0. The first-order valence-corrected chi connectivity index (χ1v) is 13.5. The van der Waals surface area contributed by atoms with Crippen LogP contribution in [0.15, 0.2) is 108 Å². The van der Waals surface area contributed by atoms with Gasteiger partial charge in [0.05, 0.1) is 18.5 Å². The van der Waals surface area contributed by atoms with Gasteiger partial charge in [0.15, 0.2) is 0 Å². The van der Waals surface area contributed by atoms with E-state index in [0.717, 1.165) is 39.1 Å². The number of allylic oxidation sites excluding steroid dienone is 4. The number of hydrogen-bond acceptors (Lipinski definition) is 5. The molecule has 0 aliphatic heterocycles. The lowest BCUT2D eigenvalue weighted by Gasteiger charge is -2.11. The maximum atomic E-state index is 13.0. The summed E-state index contributed by atoms with van der Waals surface area (Å²) in [4.78, 5) is 25.7. The fraction of sp³-hybridized carbons (Fsp3) is 0.176. The molecule has 7 nitrogen and oxygen atoms in total. The number of methoxy groups -OCH3 is 1. The summed E-state index contributed by atoms with van der Waals surface area (Å²) in [6.45, 7) is 6.74. The monoisotopic (exact) mass is 548 g/mol. The fourth-order valence-electron chi connectivity index (χ4n) is 4.58. The number of ether oxygens (including phenoxy) is 1. The van der Waals surface area contributed by atoms with E-state index in [2.05, 4.69) is 28.1 Å². The van der Waals surface area contributed by atoms with E-state index in [-0.39, 0.29) is 11.8 Å². The number of nitrogen functional groups attached to an aromatic ring is 1. The van der Waals surface area contributed by atoms with E-state index in [4.69, 9.17) is 10.5 Å². The van der Waals surface area contributed by atoms with E-state index in [1.54, 1.807) is 37.5 Å². The molecule has 0 spiro atoms. The van der Waals surface area contributed by atoms with Crippen molar-refractivity contribution in [3.63, 3.8) is 0 Å². The van der Waals surface area contributed by atoms with Gasteiger partial charge in [-0.1, -0.05) is 60.2 Å². The van der Waals surface area contributed by atoms with Crippen LogP contribution in [-0.4, -0.2) is 32.0 Å². The van der Waals surface area contributed by atoms with Crippen LogP contribution in [0.4, 0.5) is 11.4 Å². The van der Waals surface area contributed by atoms with Crippen LogP contribution in [0.5, 0.6) is 5.75 Å². The Balaban J connectivity index is 1.34. The van der Waals surface area contributed by atoms with Crippen LogP contribution in [0.25, 0.3) is 16.7 Å². The maximum Gasteiger partial charge on any atom is 0.255 e. The van der Waals surface area contributed by atoms with Gasteiger partial charge in [0.25, 0.3) is 5.91 Å². The topological polar surface area (TPSA) is 105 Å². The van der Waals surface area contributed by atoms with Crippen LogP contribution in [-0.2, 0) is 9.59 Å². The number of benzene rings is 3. The molecule has 0 bridgehead atoms. The molecule has 3 aromatic carbocycles. The van der Waals surface area contributed by atoms with Crippen molar-refractivity contribution in [2.45, 2.75) is 20.8 Å². The summed E-state index contributed by atoms with van der Waals surface area (Å²) in [5.41, 5.74) is 14.7. The average molecular weight is 549 g/mol. The van der Waals surface area contributed by atoms with Crippen LogP contribution < -0.4 is 26.4 Å². The molecule has 4 rings (SSSR count). The lowest BCUT2D eigenvalue weighted by Crippen LogP contribution is -2.30. The molecule has 41 heavy (non-hydrogen) atoms. The Hall–Kier alpha value is -5.04. The molecular formula is C34H36N4O3. The molecule has 0 saturated carbocycles. The van der Waals surface area contributed by atoms with E-state index in [0.29, 0.717) is 35.8 Å². The van der Waals surface area contributed by atoms with Crippen LogP contribution in [0.3, 0.4) is 0 Å². The summed E-state index contributed by atoms with van der Waals surface area (Å²) in [5, 5.41) is 9.10. The number of carbonyl (C=O) groups is 2. The lowest BCUT2D eigenvalue weighted by molar-refractivity contribution is -0.116. The van der Waals surface area contributed by atoms with Crippen molar-refractivity contribution >= 4 is 28.8 Å². The summed E-state index contributed by atoms with van der Waals surface area (Å²) in [6, 6.07) is 21.4. The molecule has 0 atom stereocenters. The first-order valence-electron chi connectivity index (χ1n) is 13.5. The van der Waals surface area contributed by atoms with Crippen molar-refractivity contribution in [1.82, 2.24) is 10.6 Å².